The minimum absolute atomic E-state index is 0.0222. The van der Waals surface area contributed by atoms with E-state index in [1.807, 2.05) is 4.90 Å². The highest BCUT2D eigenvalue weighted by Crippen LogP contribution is 2.28. The van der Waals surface area contributed by atoms with E-state index in [1.165, 1.54) is 0 Å². The van der Waals surface area contributed by atoms with Gasteiger partial charge in [-0.1, -0.05) is 5.92 Å². The van der Waals surface area contributed by atoms with Gasteiger partial charge in [0.05, 0.1) is 20.8 Å². The fraction of sp³-hybridized carbons (Fsp3) is 0.500. The van der Waals surface area contributed by atoms with E-state index < -0.39 is 0 Å². The minimum Gasteiger partial charge on any atom is -0.493 e. The molecule has 5 nitrogen and oxygen atoms in total. The zero-order valence-electron chi connectivity index (χ0n) is 13.7. The monoisotopic (exact) mass is 317 g/mol. The highest BCUT2D eigenvalue weighted by atomic mass is 16.5. The first-order valence-electron chi connectivity index (χ1n) is 7.72. The van der Waals surface area contributed by atoms with Gasteiger partial charge in [-0.15, -0.1) is 6.42 Å². The summed E-state index contributed by atoms with van der Waals surface area (Å²) >= 11 is 0. The van der Waals surface area contributed by atoms with E-state index in [1.54, 1.807) is 32.4 Å². The van der Waals surface area contributed by atoms with E-state index in [2.05, 4.69) is 5.92 Å². The number of carbonyl (C=O) groups excluding carboxylic acids is 1. The number of piperidine rings is 1. The molecule has 1 fully saturated rings. The molecule has 1 aromatic carbocycles. The zero-order chi connectivity index (χ0) is 16.7. The molecule has 0 bridgehead atoms. The molecule has 0 saturated carbocycles. The van der Waals surface area contributed by atoms with Gasteiger partial charge in [0.15, 0.2) is 11.5 Å². The number of amides is 1. The Labute approximate surface area is 137 Å². The van der Waals surface area contributed by atoms with Gasteiger partial charge < -0.3 is 19.1 Å². The van der Waals surface area contributed by atoms with Gasteiger partial charge in [-0.25, -0.2) is 0 Å². The van der Waals surface area contributed by atoms with E-state index in [-0.39, 0.29) is 5.91 Å². The summed E-state index contributed by atoms with van der Waals surface area (Å²) in [7, 11) is 3.14. The largest absolute Gasteiger partial charge is 0.493 e. The van der Waals surface area contributed by atoms with Crippen LogP contribution >= 0.6 is 0 Å². The summed E-state index contributed by atoms with van der Waals surface area (Å²) in [6.07, 6.45) is 7.04. The molecule has 0 N–H and O–H groups in total. The Hall–Kier alpha value is -2.19. The highest BCUT2D eigenvalue weighted by molar-refractivity contribution is 5.95. The molecule has 1 heterocycles. The van der Waals surface area contributed by atoms with Gasteiger partial charge in [0.2, 0.25) is 0 Å². The summed E-state index contributed by atoms with van der Waals surface area (Å²) < 4.78 is 15.8. The van der Waals surface area contributed by atoms with Crippen molar-refractivity contribution in [2.45, 2.75) is 12.8 Å². The quantitative estimate of drug-likeness (QED) is 0.596. The second kappa shape index (κ2) is 8.44. The number of ether oxygens (including phenoxy) is 3. The van der Waals surface area contributed by atoms with Crippen molar-refractivity contribution in [2.24, 2.45) is 5.92 Å². The molecule has 2 rings (SSSR count). The van der Waals surface area contributed by atoms with E-state index >= 15 is 0 Å². The summed E-state index contributed by atoms with van der Waals surface area (Å²) in [6, 6.07) is 5.25. The first-order chi connectivity index (χ1) is 11.2. The Kier molecular flexibility index (Phi) is 6.30. The van der Waals surface area contributed by atoms with E-state index in [0.29, 0.717) is 36.2 Å². The van der Waals surface area contributed by atoms with Crippen LogP contribution in [-0.2, 0) is 4.74 Å². The third-order valence-corrected chi connectivity index (χ3v) is 4.07. The SMILES string of the molecule is C#CCOCC1CCN(C(=O)c2ccc(OC)c(OC)c2)CC1. The summed E-state index contributed by atoms with van der Waals surface area (Å²) in [4.78, 5) is 14.5. The molecule has 0 aliphatic carbocycles. The van der Waals surface area contributed by atoms with Crippen molar-refractivity contribution < 1.29 is 19.0 Å². The van der Waals surface area contributed by atoms with Crippen molar-refractivity contribution in [1.29, 1.82) is 0 Å². The lowest BCUT2D eigenvalue weighted by molar-refractivity contribution is 0.0581. The molecule has 0 aromatic heterocycles. The molecule has 0 radical (unpaired) electrons. The standard InChI is InChI=1S/C18H23NO4/c1-4-11-23-13-14-7-9-19(10-8-14)18(20)15-5-6-16(21-2)17(12-15)22-3/h1,5-6,12,14H,7-11,13H2,2-3H3. The van der Waals surface area contributed by atoms with Gasteiger partial charge in [-0.3, -0.25) is 4.79 Å². The van der Waals surface area contributed by atoms with Gasteiger partial charge in [-0.2, -0.15) is 0 Å². The van der Waals surface area contributed by atoms with Gasteiger partial charge in [0.1, 0.15) is 6.61 Å². The lowest BCUT2D eigenvalue weighted by atomic mass is 9.97. The van der Waals surface area contributed by atoms with Crippen LogP contribution in [0.2, 0.25) is 0 Å². The molecule has 1 aromatic rings. The van der Waals surface area contributed by atoms with Gasteiger partial charge in [0, 0.05) is 18.7 Å². The first-order valence-corrected chi connectivity index (χ1v) is 7.72. The van der Waals surface area contributed by atoms with Crippen LogP contribution < -0.4 is 9.47 Å². The van der Waals surface area contributed by atoms with Crippen molar-refractivity contribution in [3.05, 3.63) is 23.8 Å². The smallest absolute Gasteiger partial charge is 0.253 e. The molecule has 0 atom stereocenters. The van der Waals surface area contributed by atoms with E-state index in [0.717, 1.165) is 25.9 Å². The van der Waals surface area contributed by atoms with Crippen molar-refractivity contribution in [2.75, 3.05) is 40.5 Å². The Balaban J connectivity index is 1.93. The number of nitrogens with zero attached hydrogens (tertiary/aromatic N) is 1. The van der Waals surface area contributed by atoms with Gasteiger partial charge in [0.25, 0.3) is 5.91 Å². The van der Waals surface area contributed by atoms with Gasteiger partial charge in [-0.05, 0) is 37.0 Å². The molecule has 1 aliphatic rings. The molecule has 1 aliphatic heterocycles. The summed E-state index contributed by atoms with van der Waals surface area (Å²) in [5.41, 5.74) is 0.615. The van der Waals surface area contributed by atoms with Crippen LogP contribution in [0, 0.1) is 18.3 Å². The number of terminal acetylenes is 1. The normalized spacial score (nSPS) is 15.1. The van der Waals surface area contributed by atoms with Crippen LogP contribution in [0.25, 0.3) is 0 Å². The van der Waals surface area contributed by atoms with Crippen LogP contribution in [0.15, 0.2) is 18.2 Å². The number of hydrogen-bond donors (Lipinski definition) is 0. The molecule has 124 valence electrons. The van der Waals surface area contributed by atoms with Crippen LogP contribution in [0.4, 0.5) is 0 Å². The second-order valence-corrected chi connectivity index (χ2v) is 5.52. The lowest BCUT2D eigenvalue weighted by Crippen LogP contribution is -2.39. The molecule has 23 heavy (non-hydrogen) atoms. The third kappa shape index (κ3) is 4.40. The molecular formula is C18H23NO4. The van der Waals surface area contributed by atoms with Crippen molar-refractivity contribution in [3.63, 3.8) is 0 Å². The summed E-state index contributed by atoms with van der Waals surface area (Å²) in [6.45, 7) is 2.49. The summed E-state index contributed by atoms with van der Waals surface area (Å²) in [5, 5.41) is 0. The van der Waals surface area contributed by atoms with Crippen LogP contribution in [-0.4, -0.2) is 51.3 Å². The zero-order valence-corrected chi connectivity index (χ0v) is 13.7. The Morgan fingerprint density at radius 1 is 1.26 bits per heavy atom. The fourth-order valence-corrected chi connectivity index (χ4v) is 2.74. The Morgan fingerprint density at radius 2 is 1.96 bits per heavy atom. The maximum Gasteiger partial charge on any atom is 0.253 e. The predicted octanol–water partition coefficient (Wildman–Crippen LogP) is 2.21. The first kappa shape index (κ1) is 17.2. The Morgan fingerprint density at radius 3 is 2.57 bits per heavy atom. The summed E-state index contributed by atoms with van der Waals surface area (Å²) in [5.74, 6) is 4.14. The molecule has 5 heteroatoms. The maximum atomic E-state index is 12.6. The predicted molar refractivity (Wildman–Crippen MR) is 87.8 cm³/mol. The molecule has 0 spiro atoms. The van der Waals surface area contributed by atoms with Crippen molar-refractivity contribution >= 4 is 5.91 Å². The maximum absolute atomic E-state index is 12.6. The second-order valence-electron chi connectivity index (χ2n) is 5.52. The van der Waals surface area contributed by atoms with E-state index in [9.17, 15) is 4.79 Å². The molecule has 1 amide bonds. The number of benzene rings is 1. The lowest BCUT2D eigenvalue weighted by Gasteiger charge is -2.32. The average molecular weight is 317 g/mol. The third-order valence-electron chi connectivity index (χ3n) is 4.07. The number of methoxy groups -OCH3 is 2. The van der Waals surface area contributed by atoms with Crippen molar-refractivity contribution in [3.8, 4) is 23.8 Å². The molecular weight excluding hydrogens is 294 g/mol. The van der Waals surface area contributed by atoms with E-state index in [4.69, 9.17) is 20.6 Å². The highest BCUT2D eigenvalue weighted by Gasteiger charge is 2.24. The van der Waals surface area contributed by atoms with Crippen molar-refractivity contribution in [1.82, 2.24) is 4.90 Å². The molecule has 1 saturated heterocycles. The molecule has 0 unspecified atom stereocenters. The number of likely N-dealkylation sites (tertiary alicyclic amines) is 1. The number of rotatable bonds is 6. The Bertz CT molecular complexity index is 571. The number of hydrogen-bond acceptors (Lipinski definition) is 4. The number of carbonyl (C=O) groups is 1. The van der Waals surface area contributed by atoms with Crippen LogP contribution in [0.1, 0.15) is 23.2 Å². The fourth-order valence-electron chi connectivity index (χ4n) is 2.74. The minimum atomic E-state index is 0.0222. The van der Waals surface area contributed by atoms with Crippen LogP contribution in [0.5, 0.6) is 11.5 Å². The average Bonchev–Trinajstić information content (AvgIpc) is 2.61. The van der Waals surface area contributed by atoms with Gasteiger partial charge >= 0.3 is 0 Å². The topological polar surface area (TPSA) is 48.0 Å². The van der Waals surface area contributed by atoms with Crippen LogP contribution in [0.3, 0.4) is 0 Å².